The zero-order chi connectivity index (χ0) is 62.8. The van der Waals surface area contributed by atoms with Gasteiger partial charge in [-0.1, -0.05) is 40.6 Å². The van der Waals surface area contributed by atoms with Gasteiger partial charge in [0.25, 0.3) is 0 Å². The van der Waals surface area contributed by atoms with Gasteiger partial charge in [0.2, 0.25) is 5.71 Å². The summed E-state index contributed by atoms with van der Waals surface area (Å²) in [7, 11) is 0. The van der Waals surface area contributed by atoms with Crippen LogP contribution in [0, 0.1) is 13.8 Å². The number of esters is 9. The summed E-state index contributed by atoms with van der Waals surface area (Å²) in [4.78, 5) is 132. The van der Waals surface area contributed by atoms with Crippen molar-refractivity contribution in [2.24, 2.45) is 0 Å². The SMILES string of the molecule is CC(=O)OC[C@H]1O[C@@H](O[C@H]2[C@H](OC(C)=O)[C@@H](OC(C)=O)[C@H](OCc3cn(Cc4cc5cn([C@H]6C[C@H](OC(=O)c7ccc(C)cc7)[C@@H](COC(=O)c7ccc(C)cc7)O6)c(=O)nc5o4)nn3)O[C@@H]2COC(C)=O)[C@H](OC(C)=O)[C@@H](OC(C)=O)[C@H]1OC(C)=O. The summed E-state index contributed by atoms with van der Waals surface area (Å²) < 4.78 is 89.7. The van der Waals surface area contributed by atoms with Gasteiger partial charge in [-0.2, -0.15) is 4.98 Å². The fourth-order valence-electron chi connectivity index (χ4n) is 9.65. The second-order valence-corrected chi connectivity index (χ2v) is 20.4. The Kier molecular flexibility index (Phi) is 21.0. The molecule has 0 radical (unpaired) electrons. The van der Waals surface area contributed by atoms with Gasteiger partial charge in [-0.05, 0) is 44.2 Å². The Bertz CT molecular complexity index is 3400. The molecule has 30 nitrogen and oxygen atoms in total. The molecule has 30 heteroatoms. The average Bonchev–Trinajstić information content (AvgIpc) is 1.66. The van der Waals surface area contributed by atoms with Crippen molar-refractivity contribution < 1.29 is 114 Å². The third kappa shape index (κ3) is 16.9. The van der Waals surface area contributed by atoms with Crippen LogP contribution in [0.3, 0.4) is 0 Å². The molecular weight excluding hydrogens is 1150 g/mol. The van der Waals surface area contributed by atoms with Crippen molar-refractivity contribution in [3.63, 3.8) is 0 Å². The second-order valence-electron chi connectivity index (χ2n) is 20.4. The molecule has 2 aromatic carbocycles. The Hall–Kier alpha value is -8.97. The number of aromatic nitrogens is 5. The normalized spacial score (nSPS) is 25.1. The summed E-state index contributed by atoms with van der Waals surface area (Å²) in [6.07, 6.45) is -16.9. The van der Waals surface area contributed by atoms with Gasteiger partial charge in [-0.15, -0.1) is 5.10 Å². The lowest BCUT2D eigenvalue weighted by Gasteiger charge is -2.48. The Balaban J connectivity index is 0.999. The van der Waals surface area contributed by atoms with E-state index >= 15 is 0 Å². The van der Waals surface area contributed by atoms with E-state index < -0.39 is 159 Å². The summed E-state index contributed by atoms with van der Waals surface area (Å²) in [6.45, 7) is 8.91. The second kappa shape index (κ2) is 28.5. The van der Waals surface area contributed by atoms with E-state index in [9.17, 15) is 47.9 Å². The molecule has 3 aliphatic rings. The van der Waals surface area contributed by atoms with Crippen LogP contribution in [0.15, 0.2) is 76.2 Å². The zero-order valence-corrected chi connectivity index (χ0v) is 48.5. The van der Waals surface area contributed by atoms with E-state index in [-0.39, 0.29) is 42.3 Å². The topological polar surface area (TPSA) is 362 Å². The molecular formula is C57H63N5O25. The lowest BCUT2D eigenvalue weighted by molar-refractivity contribution is -0.362. The summed E-state index contributed by atoms with van der Waals surface area (Å²) in [5.74, 6) is -7.32. The van der Waals surface area contributed by atoms with Gasteiger partial charge in [-0.3, -0.25) is 38.1 Å². The predicted octanol–water partition coefficient (Wildman–Crippen LogP) is 2.75. The number of furan rings is 1. The number of carbonyl (C=O) groups excluding carboxylic acids is 9. The zero-order valence-electron chi connectivity index (χ0n) is 48.5. The van der Waals surface area contributed by atoms with Crippen molar-refractivity contribution in [3.05, 3.63) is 111 Å². The smallest absolute Gasteiger partial charge is 0.353 e. The maximum atomic E-state index is 13.6. The van der Waals surface area contributed by atoms with E-state index in [4.69, 9.17) is 70.7 Å². The summed E-state index contributed by atoms with van der Waals surface area (Å²) in [5.41, 5.74) is 1.80. The number of aryl methyl sites for hydroxylation is 2. The Morgan fingerprint density at radius 1 is 0.552 bits per heavy atom. The summed E-state index contributed by atoms with van der Waals surface area (Å²) in [5, 5.41) is 8.70. The van der Waals surface area contributed by atoms with Gasteiger partial charge in [-0.25, -0.2) is 19.1 Å². The monoisotopic (exact) mass is 1220 g/mol. The molecule has 3 fully saturated rings. The number of hydrogen-bond donors (Lipinski definition) is 0. The van der Waals surface area contributed by atoms with Gasteiger partial charge in [0.15, 0.2) is 43.1 Å². The Labute approximate surface area is 494 Å². The third-order valence-corrected chi connectivity index (χ3v) is 13.4. The van der Waals surface area contributed by atoms with Crippen LogP contribution in [0.1, 0.15) is 104 Å². The summed E-state index contributed by atoms with van der Waals surface area (Å²) in [6, 6.07) is 15.1. The highest BCUT2D eigenvalue weighted by Crippen LogP contribution is 2.37. The first-order chi connectivity index (χ1) is 41.4. The first kappa shape index (κ1) is 64.0. The fraction of sp³-hybridized carbons (Fsp3) is 0.491. The molecule has 87 heavy (non-hydrogen) atoms. The van der Waals surface area contributed by atoms with Crippen LogP contribution in [0.4, 0.5) is 0 Å². The quantitative estimate of drug-likeness (QED) is 0.0710. The lowest BCUT2D eigenvalue weighted by atomic mass is 9.96. The van der Waals surface area contributed by atoms with Gasteiger partial charge in [0.05, 0.1) is 29.3 Å². The van der Waals surface area contributed by atoms with Crippen molar-refractivity contribution in [1.29, 1.82) is 0 Å². The molecule has 0 N–H and O–H groups in total. The average molecular weight is 1220 g/mol. The van der Waals surface area contributed by atoms with Gasteiger partial charge >= 0.3 is 59.4 Å². The molecule has 0 spiro atoms. The number of nitrogens with zero attached hydrogens (tertiary/aromatic N) is 5. The van der Waals surface area contributed by atoms with E-state index in [1.165, 1.54) is 21.6 Å². The number of ether oxygens (including phenoxy) is 14. The molecule has 3 aromatic heterocycles. The van der Waals surface area contributed by atoms with Crippen LogP contribution < -0.4 is 5.69 Å². The molecule has 5 aromatic rings. The van der Waals surface area contributed by atoms with Crippen LogP contribution in [-0.4, -0.2) is 172 Å². The highest BCUT2D eigenvalue weighted by Gasteiger charge is 2.58. The van der Waals surface area contributed by atoms with Gasteiger partial charge in [0.1, 0.15) is 74.6 Å². The van der Waals surface area contributed by atoms with Crippen molar-refractivity contribution in [3.8, 4) is 0 Å². The van der Waals surface area contributed by atoms with Gasteiger partial charge < -0.3 is 70.7 Å². The van der Waals surface area contributed by atoms with Crippen LogP contribution in [0.25, 0.3) is 11.1 Å². The van der Waals surface area contributed by atoms with Crippen molar-refractivity contribution in [2.75, 3.05) is 19.8 Å². The molecule has 0 aliphatic carbocycles. The maximum Gasteiger partial charge on any atom is 0.353 e. The van der Waals surface area contributed by atoms with Crippen molar-refractivity contribution in [1.82, 2.24) is 24.5 Å². The van der Waals surface area contributed by atoms with Crippen LogP contribution in [-0.2, 0) is 113 Å². The fourth-order valence-corrected chi connectivity index (χ4v) is 9.65. The third-order valence-electron chi connectivity index (χ3n) is 13.4. The van der Waals surface area contributed by atoms with Crippen molar-refractivity contribution in [2.45, 2.75) is 162 Å². The van der Waals surface area contributed by atoms with E-state index in [0.29, 0.717) is 10.9 Å². The predicted molar refractivity (Wildman–Crippen MR) is 286 cm³/mol. The van der Waals surface area contributed by atoms with E-state index in [0.717, 1.165) is 59.6 Å². The number of fused-ring (bicyclic) bond motifs is 1. The van der Waals surface area contributed by atoms with Gasteiger partial charge in [0, 0.05) is 61.1 Å². The Morgan fingerprint density at radius 3 is 1.63 bits per heavy atom. The highest BCUT2D eigenvalue weighted by molar-refractivity contribution is 5.90. The van der Waals surface area contributed by atoms with E-state index in [2.05, 4.69) is 15.3 Å². The van der Waals surface area contributed by atoms with Crippen molar-refractivity contribution >= 4 is 64.8 Å². The first-order valence-electron chi connectivity index (χ1n) is 27.2. The molecule has 13 atom stereocenters. The van der Waals surface area contributed by atoms with Crippen LogP contribution in [0.5, 0.6) is 0 Å². The standard InChI is InChI=1S/C57H63N5O25/c1-27-10-14-36(15-11-27)53(70)75-24-42-41(84-54(71)37-16-12-28(2)13-17-37)19-45(83-42)62-20-38-18-40(82-52(38)58-57(62)72)22-61-21-39(59-60-61)23-76-55-50(80-34(8)68)49(79-33(7)67)47(44(85-55)26-74-30(4)64)87-56-51(81-35(9)69)48(78-32(6)66)46(77-31(5)65)43(86-56)25-73-29(3)63/h10-18,20-21,41-51,55-56H,19,22-26H2,1-9H3/t41-,42+,43+,44+,45+,46-,47+,48-,49-,50+,51+,55+,56-/m0/s1. The first-order valence-corrected chi connectivity index (χ1v) is 27.2. The van der Waals surface area contributed by atoms with Crippen LogP contribution in [0.2, 0.25) is 0 Å². The number of rotatable bonds is 22. The van der Waals surface area contributed by atoms with Crippen LogP contribution >= 0.6 is 0 Å². The molecule has 3 saturated heterocycles. The van der Waals surface area contributed by atoms with E-state index in [1.807, 2.05) is 13.8 Å². The molecule has 0 amide bonds. The minimum Gasteiger partial charge on any atom is -0.463 e. The van der Waals surface area contributed by atoms with E-state index in [1.54, 1.807) is 54.6 Å². The number of carbonyl (C=O) groups is 9. The lowest BCUT2D eigenvalue weighted by Crippen LogP contribution is -2.67. The Morgan fingerprint density at radius 2 is 1.06 bits per heavy atom. The number of benzene rings is 2. The molecule has 0 bridgehead atoms. The summed E-state index contributed by atoms with van der Waals surface area (Å²) >= 11 is 0. The highest BCUT2D eigenvalue weighted by atomic mass is 16.8. The molecule has 0 unspecified atom stereocenters. The molecule has 6 heterocycles. The molecule has 0 saturated carbocycles. The minimum absolute atomic E-state index is 0.0147. The number of hydrogen-bond acceptors (Lipinski definition) is 28. The molecule has 3 aliphatic heterocycles. The molecule has 466 valence electrons. The maximum absolute atomic E-state index is 13.6. The minimum atomic E-state index is -1.90. The largest absolute Gasteiger partial charge is 0.463 e. The molecule has 8 rings (SSSR count).